The van der Waals surface area contributed by atoms with Crippen LogP contribution >= 0.6 is 0 Å². The van der Waals surface area contributed by atoms with E-state index in [2.05, 4.69) is 5.32 Å². The third kappa shape index (κ3) is 2.45. The van der Waals surface area contributed by atoms with Crippen LogP contribution in [0.5, 0.6) is 0 Å². The second-order valence-corrected chi connectivity index (χ2v) is 5.45. The highest BCUT2D eigenvalue weighted by Gasteiger charge is 2.46. The van der Waals surface area contributed by atoms with Gasteiger partial charge in [-0.3, -0.25) is 29.4 Å². The van der Waals surface area contributed by atoms with Gasteiger partial charge in [0.1, 0.15) is 5.54 Å². The molecule has 0 aliphatic carbocycles. The molecule has 116 valence electrons. The van der Waals surface area contributed by atoms with Crippen LogP contribution in [0.2, 0.25) is 0 Å². The number of nitrogens with two attached hydrogens (primary N) is 1. The fourth-order valence-corrected chi connectivity index (χ4v) is 2.43. The number of carbonyl (C=O) groups is 4. The molecule has 1 aliphatic heterocycles. The zero-order chi connectivity index (χ0) is 16.5. The van der Waals surface area contributed by atoms with E-state index in [4.69, 9.17) is 5.73 Å². The maximum Gasteiger partial charge on any atom is 0.261 e. The number of amides is 4. The number of carbonyl (C=O) groups excluding carboxylic acids is 4. The van der Waals surface area contributed by atoms with Gasteiger partial charge in [-0.05, 0) is 38.0 Å². The zero-order valence-corrected chi connectivity index (χ0v) is 12.4. The lowest BCUT2D eigenvalue weighted by molar-refractivity contribution is -0.145. The number of hydrogen-bond acceptors (Lipinski definition) is 5. The average molecular weight is 303 g/mol. The Morgan fingerprint density at radius 1 is 1.41 bits per heavy atom. The zero-order valence-electron chi connectivity index (χ0n) is 12.4. The second-order valence-electron chi connectivity index (χ2n) is 5.45. The maximum atomic E-state index is 12.7. The van der Waals surface area contributed by atoms with Crippen molar-refractivity contribution >= 4 is 29.8 Å². The molecule has 1 aromatic rings. The van der Waals surface area contributed by atoms with Gasteiger partial charge in [0.25, 0.3) is 11.8 Å². The van der Waals surface area contributed by atoms with Crippen molar-refractivity contribution in [2.75, 3.05) is 5.73 Å². The van der Waals surface area contributed by atoms with Crippen LogP contribution in [0.15, 0.2) is 18.2 Å². The first-order valence-corrected chi connectivity index (χ1v) is 6.79. The summed E-state index contributed by atoms with van der Waals surface area (Å²) in [6.45, 7) is 3.13. The normalized spacial score (nSPS) is 21.2. The number of hydrogen-bond donors (Lipinski definition) is 2. The Morgan fingerprint density at radius 2 is 2.09 bits per heavy atom. The summed E-state index contributed by atoms with van der Waals surface area (Å²) in [7, 11) is 0. The van der Waals surface area contributed by atoms with Crippen molar-refractivity contribution in [1.82, 2.24) is 10.2 Å². The lowest BCUT2D eigenvalue weighted by Gasteiger charge is -2.38. The van der Waals surface area contributed by atoms with Gasteiger partial charge in [-0.1, -0.05) is 6.07 Å². The highest BCUT2D eigenvalue weighted by Crippen LogP contribution is 2.27. The first-order valence-electron chi connectivity index (χ1n) is 6.79. The highest BCUT2D eigenvalue weighted by molar-refractivity contribution is 6.09. The molecule has 1 atom stereocenters. The standard InChI is InChI=1S/C15H17N3O4/c1-9-10(4-3-5-11(9)16)13(21)18(8-19)15(2)7-6-12(20)17-14(15)22/h3-5,8H,6-7,16H2,1-2H3,(H,17,20,22). The van der Waals surface area contributed by atoms with Crippen LogP contribution in [-0.2, 0) is 14.4 Å². The van der Waals surface area contributed by atoms with Crippen molar-refractivity contribution < 1.29 is 19.2 Å². The summed E-state index contributed by atoms with van der Waals surface area (Å²) in [6.07, 6.45) is 0.472. The highest BCUT2D eigenvalue weighted by atomic mass is 16.2. The van der Waals surface area contributed by atoms with E-state index in [-0.39, 0.29) is 18.4 Å². The molecule has 1 saturated heterocycles. The summed E-state index contributed by atoms with van der Waals surface area (Å²) in [5.41, 5.74) is 5.58. The molecule has 0 bridgehead atoms. The van der Waals surface area contributed by atoms with E-state index in [1.165, 1.54) is 6.92 Å². The number of rotatable bonds is 3. The maximum absolute atomic E-state index is 12.7. The predicted molar refractivity (Wildman–Crippen MR) is 78.6 cm³/mol. The smallest absolute Gasteiger partial charge is 0.261 e. The number of benzene rings is 1. The van der Waals surface area contributed by atoms with E-state index in [1.54, 1.807) is 25.1 Å². The molecular weight excluding hydrogens is 286 g/mol. The number of nitrogens with one attached hydrogen (secondary N) is 1. The molecule has 22 heavy (non-hydrogen) atoms. The number of imide groups is 2. The lowest BCUT2D eigenvalue weighted by atomic mass is 9.88. The molecule has 1 heterocycles. The Bertz CT molecular complexity index is 671. The monoisotopic (exact) mass is 303 g/mol. The quantitative estimate of drug-likeness (QED) is 0.476. The molecule has 1 aromatic carbocycles. The Balaban J connectivity index is 2.41. The molecular formula is C15H17N3O4. The first-order chi connectivity index (χ1) is 10.3. The Hall–Kier alpha value is -2.70. The minimum atomic E-state index is -1.40. The van der Waals surface area contributed by atoms with Gasteiger partial charge in [0.15, 0.2) is 0 Å². The Kier molecular flexibility index (Phi) is 3.99. The third-order valence-corrected chi connectivity index (χ3v) is 4.04. The van der Waals surface area contributed by atoms with Crippen molar-refractivity contribution in [3.8, 4) is 0 Å². The molecule has 7 heteroatoms. The predicted octanol–water partition coefficient (Wildman–Crippen LogP) is 0.371. The van der Waals surface area contributed by atoms with Crippen LogP contribution in [0, 0.1) is 6.92 Å². The summed E-state index contributed by atoms with van der Waals surface area (Å²) >= 11 is 0. The van der Waals surface area contributed by atoms with E-state index >= 15 is 0 Å². The molecule has 2 rings (SSSR count). The van der Waals surface area contributed by atoms with E-state index in [1.807, 2.05) is 0 Å². The minimum absolute atomic E-state index is 0.0652. The van der Waals surface area contributed by atoms with Crippen molar-refractivity contribution in [3.05, 3.63) is 29.3 Å². The third-order valence-electron chi connectivity index (χ3n) is 4.04. The first kappa shape index (κ1) is 15.7. The molecule has 3 N–H and O–H groups in total. The van der Waals surface area contributed by atoms with E-state index in [0.29, 0.717) is 17.7 Å². The summed E-state index contributed by atoms with van der Waals surface area (Å²) in [5, 5.41) is 2.16. The van der Waals surface area contributed by atoms with Gasteiger partial charge >= 0.3 is 0 Å². The molecule has 1 aliphatic rings. The lowest BCUT2D eigenvalue weighted by Crippen LogP contribution is -2.62. The Labute approximate surface area is 127 Å². The van der Waals surface area contributed by atoms with E-state index in [9.17, 15) is 19.2 Å². The Morgan fingerprint density at radius 3 is 2.68 bits per heavy atom. The van der Waals surface area contributed by atoms with Gasteiger partial charge in [0.2, 0.25) is 12.3 Å². The van der Waals surface area contributed by atoms with Crippen molar-refractivity contribution in [2.24, 2.45) is 0 Å². The molecule has 0 saturated carbocycles. The summed E-state index contributed by atoms with van der Waals surface area (Å²) < 4.78 is 0. The summed E-state index contributed by atoms with van der Waals surface area (Å²) in [6, 6.07) is 4.79. The van der Waals surface area contributed by atoms with Crippen molar-refractivity contribution in [2.45, 2.75) is 32.2 Å². The van der Waals surface area contributed by atoms with Gasteiger partial charge < -0.3 is 5.73 Å². The molecule has 0 spiro atoms. The summed E-state index contributed by atoms with van der Waals surface area (Å²) in [5.74, 6) is -1.70. The average Bonchev–Trinajstić information content (AvgIpc) is 2.47. The fourth-order valence-electron chi connectivity index (χ4n) is 2.43. The molecule has 4 amide bonds. The molecule has 1 unspecified atom stereocenters. The van der Waals surface area contributed by atoms with Gasteiger partial charge in [-0.15, -0.1) is 0 Å². The van der Waals surface area contributed by atoms with Crippen molar-refractivity contribution in [1.29, 1.82) is 0 Å². The van der Waals surface area contributed by atoms with Crippen molar-refractivity contribution in [3.63, 3.8) is 0 Å². The molecule has 0 aromatic heterocycles. The van der Waals surface area contributed by atoms with E-state index in [0.717, 1.165) is 4.90 Å². The molecule has 0 radical (unpaired) electrons. The van der Waals surface area contributed by atoms with Crippen LogP contribution in [0.1, 0.15) is 35.7 Å². The van der Waals surface area contributed by atoms with Crippen LogP contribution in [0.3, 0.4) is 0 Å². The number of anilines is 1. The van der Waals surface area contributed by atoms with Gasteiger partial charge in [0, 0.05) is 17.7 Å². The number of piperidine rings is 1. The topological polar surface area (TPSA) is 110 Å². The van der Waals surface area contributed by atoms with Crippen LogP contribution < -0.4 is 11.1 Å². The summed E-state index contributed by atoms with van der Waals surface area (Å²) in [4.78, 5) is 48.3. The molecule has 7 nitrogen and oxygen atoms in total. The SMILES string of the molecule is Cc1c(N)cccc1C(=O)N(C=O)C1(C)CCC(=O)NC1=O. The largest absolute Gasteiger partial charge is 0.398 e. The van der Waals surface area contributed by atoms with Crippen LogP contribution in [-0.4, -0.2) is 34.6 Å². The van der Waals surface area contributed by atoms with Crippen LogP contribution in [0.4, 0.5) is 5.69 Å². The number of nitrogen functional groups attached to an aromatic ring is 1. The number of nitrogens with zero attached hydrogens (tertiary/aromatic N) is 1. The van der Waals surface area contributed by atoms with Gasteiger partial charge in [0.05, 0.1) is 0 Å². The molecule has 1 fully saturated rings. The second kappa shape index (κ2) is 5.59. The van der Waals surface area contributed by atoms with Gasteiger partial charge in [-0.25, -0.2) is 0 Å². The van der Waals surface area contributed by atoms with Crippen LogP contribution in [0.25, 0.3) is 0 Å². The minimum Gasteiger partial charge on any atom is -0.398 e. The fraction of sp³-hybridized carbons (Fsp3) is 0.333. The van der Waals surface area contributed by atoms with E-state index < -0.39 is 23.3 Å². The van der Waals surface area contributed by atoms with Gasteiger partial charge in [-0.2, -0.15) is 0 Å².